The van der Waals surface area contributed by atoms with Crippen molar-refractivity contribution in [1.82, 2.24) is 19.8 Å². The number of benzene rings is 1. The summed E-state index contributed by atoms with van der Waals surface area (Å²) >= 11 is 0. The first-order valence-electron chi connectivity index (χ1n) is 10.3. The number of likely N-dealkylation sites (tertiary alicyclic amines) is 1. The van der Waals surface area contributed by atoms with Gasteiger partial charge in [-0.1, -0.05) is 26.0 Å². The average Bonchev–Trinajstić information content (AvgIpc) is 2.62. The maximum absolute atomic E-state index is 12.4. The molecule has 0 radical (unpaired) electrons. The van der Waals surface area contributed by atoms with Gasteiger partial charge in [-0.25, -0.2) is 14.6 Å². The number of nitrogens with one attached hydrogen (secondary N) is 2. The van der Waals surface area contributed by atoms with Crippen LogP contribution in [0.3, 0.4) is 0 Å². The van der Waals surface area contributed by atoms with Crippen LogP contribution in [0, 0.1) is 11.8 Å². The highest BCUT2D eigenvalue weighted by atomic mass is 16.2. The summed E-state index contributed by atoms with van der Waals surface area (Å²) in [5.74, 6) is 1.41. The van der Waals surface area contributed by atoms with E-state index in [0.717, 1.165) is 25.2 Å². The van der Waals surface area contributed by atoms with E-state index in [0.29, 0.717) is 24.1 Å². The molecule has 1 aliphatic rings. The third-order valence-electron chi connectivity index (χ3n) is 5.17. The van der Waals surface area contributed by atoms with Crippen LogP contribution in [0.25, 0.3) is 0 Å². The Kier molecular flexibility index (Phi) is 7.04. The zero-order valence-corrected chi connectivity index (χ0v) is 17.5. The summed E-state index contributed by atoms with van der Waals surface area (Å²) in [5, 5.41) is 5.92. The maximum atomic E-state index is 12.4. The van der Waals surface area contributed by atoms with Gasteiger partial charge < -0.3 is 15.5 Å². The quantitative estimate of drug-likeness (QED) is 0.786. The van der Waals surface area contributed by atoms with Crippen LogP contribution >= 0.6 is 0 Å². The number of rotatable bonds is 6. The Morgan fingerprint density at radius 1 is 1.24 bits per heavy atom. The second-order valence-electron chi connectivity index (χ2n) is 8.39. The minimum atomic E-state index is -0.293. The summed E-state index contributed by atoms with van der Waals surface area (Å²) in [6, 6.07) is 9.07. The van der Waals surface area contributed by atoms with Crippen LogP contribution < -0.4 is 16.3 Å². The second-order valence-corrected chi connectivity index (χ2v) is 8.39. The molecule has 1 aliphatic heterocycles. The van der Waals surface area contributed by atoms with Crippen molar-refractivity contribution >= 4 is 11.7 Å². The van der Waals surface area contributed by atoms with Crippen molar-refractivity contribution in [2.45, 2.75) is 39.8 Å². The minimum Gasteiger partial charge on any atom is -0.334 e. The fourth-order valence-electron chi connectivity index (χ4n) is 4.22. The SMILES string of the molecule is C[C@@H]1C[C@H](C)CN(C[C@H](C)NC(=O)Nc2cccc(Cn3cccnc3=O)c2)C1. The van der Waals surface area contributed by atoms with Gasteiger partial charge in [-0.2, -0.15) is 0 Å². The Bertz CT molecular complexity index is 871. The van der Waals surface area contributed by atoms with Crippen molar-refractivity contribution in [3.63, 3.8) is 0 Å². The van der Waals surface area contributed by atoms with E-state index in [1.165, 1.54) is 17.2 Å². The van der Waals surface area contributed by atoms with Crippen molar-refractivity contribution in [3.8, 4) is 0 Å². The molecule has 1 saturated heterocycles. The highest BCUT2D eigenvalue weighted by Crippen LogP contribution is 2.20. The molecule has 1 aromatic heterocycles. The number of urea groups is 1. The molecule has 3 atom stereocenters. The molecule has 2 heterocycles. The van der Waals surface area contributed by atoms with Gasteiger partial charge in [0.05, 0.1) is 6.54 Å². The molecule has 0 bridgehead atoms. The number of hydrogen-bond donors (Lipinski definition) is 2. The number of piperidine rings is 1. The number of carbonyl (C=O) groups is 1. The van der Waals surface area contributed by atoms with Crippen molar-refractivity contribution in [1.29, 1.82) is 0 Å². The predicted molar refractivity (Wildman–Crippen MR) is 115 cm³/mol. The average molecular weight is 398 g/mol. The van der Waals surface area contributed by atoms with Gasteiger partial charge in [-0.15, -0.1) is 0 Å². The molecular weight excluding hydrogens is 366 g/mol. The lowest BCUT2D eigenvalue weighted by atomic mass is 9.92. The molecule has 3 rings (SSSR count). The molecule has 2 amide bonds. The van der Waals surface area contributed by atoms with E-state index in [1.807, 2.05) is 31.2 Å². The molecule has 2 N–H and O–H groups in total. The Hall–Kier alpha value is -2.67. The summed E-state index contributed by atoms with van der Waals surface area (Å²) in [7, 11) is 0. The third kappa shape index (κ3) is 6.42. The lowest BCUT2D eigenvalue weighted by Gasteiger charge is -2.36. The van der Waals surface area contributed by atoms with E-state index < -0.39 is 0 Å². The molecule has 1 fully saturated rings. The Morgan fingerprint density at radius 3 is 2.72 bits per heavy atom. The molecule has 0 saturated carbocycles. The van der Waals surface area contributed by atoms with E-state index in [9.17, 15) is 9.59 Å². The summed E-state index contributed by atoms with van der Waals surface area (Å²) in [6.07, 6.45) is 4.46. The second kappa shape index (κ2) is 9.69. The fourth-order valence-corrected chi connectivity index (χ4v) is 4.22. The van der Waals surface area contributed by atoms with Gasteiger partial charge in [0.2, 0.25) is 0 Å². The van der Waals surface area contributed by atoms with E-state index in [2.05, 4.69) is 34.4 Å². The van der Waals surface area contributed by atoms with E-state index in [-0.39, 0.29) is 17.8 Å². The molecule has 7 nitrogen and oxygen atoms in total. The lowest BCUT2D eigenvalue weighted by molar-refractivity contribution is 0.132. The van der Waals surface area contributed by atoms with E-state index in [1.54, 1.807) is 12.3 Å². The molecule has 7 heteroatoms. The molecule has 156 valence electrons. The normalized spacial score (nSPS) is 20.8. The standard InChI is InChI=1S/C22H31N5O2/c1-16-10-17(2)13-26(12-16)14-18(3)24-21(28)25-20-7-4-6-19(11-20)15-27-9-5-8-23-22(27)29/h4-9,11,16-18H,10,12-15H2,1-3H3,(H2,24,25,28)/t16-,17+,18-/m0/s1. The molecule has 29 heavy (non-hydrogen) atoms. The van der Waals surface area contributed by atoms with Crippen molar-refractivity contribution in [2.75, 3.05) is 25.0 Å². The van der Waals surface area contributed by atoms with Gasteiger partial charge in [0.1, 0.15) is 0 Å². The first-order chi connectivity index (χ1) is 13.9. The van der Waals surface area contributed by atoms with Crippen LogP contribution in [0.5, 0.6) is 0 Å². The molecule has 1 aromatic carbocycles. The highest BCUT2D eigenvalue weighted by Gasteiger charge is 2.23. The van der Waals surface area contributed by atoms with Crippen molar-refractivity contribution < 1.29 is 4.79 Å². The smallest absolute Gasteiger partial charge is 0.334 e. The largest absolute Gasteiger partial charge is 0.347 e. The molecule has 0 aliphatic carbocycles. The zero-order chi connectivity index (χ0) is 20.8. The van der Waals surface area contributed by atoms with Gasteiger partial charge in [-0.3, -0.25) is 4.57 Å². The summed E-state index contributed by atoms with van der Waals surface area (Å²) < 4.78 is 1.53. The Labute approximate surface area is 172 Å². The van der Waals surface area contributed by atoms with Crippen LogP contribution in [-0.2, 0) is 6.54 Å². The number of amides is 2. The van der Waals surface area contributed by atoms with Crippen LogP contribution in [0.15, 0.2) is 47.5 Å². The highest BCUT2D eigenvalue weighted by molar-refractivity contribution is 5.89. The van der Waals surface area contributed by atoms with E-state index >= 15 is 0 Å². The van der Waals surface area contributed by atoms with Gasteiger partial charge >= 0.3 is 11.7 Å². The van der Waals surface area contributed by atoms with Crippen LogP contribution in [0.4, 0.5) is 10.5 Å². The molecule has 0 spiro atoms. The van der Waals surface area contributed by atoms with Crippen LogP contribution in [0.2, 0.25) is 0 Å². The fraction of sp³-hybridized carbons (Fsp3) is 0.500. The van der Waals surface area contributed by atoms with Gasteiger partial charge in [-0.05, 0) is 48.9 Å². The van der Waals surface area contributed by atoms with Crippen LogP contribution in [-0.4, -0.2) is 46.2 Å². The number of carbonyl (C=O) groups excluding carboxylic acids is 1. The third-order valence-corrected chi connectivity index (χ3v) is 5.17. The van der Waals surface area contributed by atoms with E-state index in [4.69, 9.17) is 0 Å². The molecular formula is C22H31N5O2. The Balaban J connectivity index is 1.52. The molecule has 0 unspecified atom stereocenters. The summed E-state index contributed by atoms with van der Waals surface area (Å²) in [5.41, 5.74) is 1.32. The molecule has 2 aromatic rings. The zero-order valence-electron chi connectivity index (χ0n) is 17.5. The maximum Gasteiger partial charge on any atom is 0.347 e. The first-order valence-corrected chi connectivity index (χ1v) is 10.3. The van der Waals surface area contributed by atoms with Crippen LogP contribution in [0.1, 0.15) is 32.8 Å². The number of hydrogen-bond acceptors (Lipinski definition) is 4. The van der Waals surface area contributed by atoms with Crippen molar-refractivity contribution in [3.05, 3.63) is 58.8 Å². The number of anilines is 1. The minimum absolute atomic E-state index is 0.0599. The van der Waals surface area contributed by atoms with Crippen molar-refractivity contribution in [2.24, 2.45) is 11.8 Å². The van der Waals surface area contributed by atoms with Gasteiger partial charge in [0, 0.05) is 43.8 Å². The van der Waals surface area contributed by atoms with Gasteiger partial charge in [0.15, 0.2) is 0 Å². The lowest BCUT2D eigenvalue weighted by Crippen LogP contribution is -2.47. The first kappa shape index (κ1) is 21.0. The van der Waals surface area contributed by atoms with Gasteiger partial charge in [0.25, 0.3) is 0 Å². The Morgan fingerprint density at radius 2 is 2.00 bits per heavy atom. The summed E-state index contributed by atoms with van der Waals surface area (Å²) in [4.78, 5) is 30.4. The number of nitrogens with zero attached hydrogens (tertiary/aromatic N) is 3. The topological polar surface area (TPSA) is 79.3 Å². The number of aromatic nitrogens is 2. The predicted octanol–water partition coefficient (Wildman–Crippen LogP) is 2.78. The summed E-state index contributed by atoms with van der Waals surface area (Å²) in [6.45, 7) is 10.1. The monoisotopic (exact) mass is 397 g/mol.